The van der Waals surface area contributed by atoms with Crippen molar-refractivity contribution in [1.29, 1.82) is 0 Å². The molecule has 0 aromatic heterocycles. The van der Waals surface area contributed by atoms with Crippen molar-refractivity contribution < 1.29 is 32.6 Å². The lowest BCUT2D eigenvalue weighted by Crippen LogP contribution is -2.25. The molecule has 1 aromatic rings. The minimum atomic E-state index is -2.14. The van der Waals surface area contributed by atoms with Gasteiger partial charge in [-0.25, -0.2) is 0 Å². The fourth-order valence-corrected chi connectivity index (χ4v) is 2.15. The van der Waals surface area contributed by atoms with Gasteiger partial charge >= 0.3 is 14.2 Å². The number of hydrogen-bond donors (Lipinski definition) is 0. The first-order valence-corrected chi connectivity index (χ1v) is 9.59. The van der Waals surface area contributed by atoms with Crippen molar-refractivity contribution in [1.82, 2.24) is 0 Å². The Hall–Kier alpha value is -1.40. The Kier molecular flexibility index (Phi) is 12.2. The van der Waals surface area contributed by atoms with Crippen LogP contribution in [0, 0.1) is 5.41 Å². The van der Waals surface area contributed by atoms with Crippen molar-refractivity contribution in [2.45, 2.75) is 41.2 Å². The summed E-state index contributed by atoms with van der Waals surface area (Å²) in [5.74, 6) is 0.835. The zero-order chi connectivity index (χ0) is 20.2. The second-order valence-electron chi connectivity index (χ2n) is 6.21. The van der Waals surface area contributed by atoms with Gasteiger partial charge in [-0.3, -0.25) is 9.36 Å². The first-order valence-electron chi connectivity index (χ1n) is 8.36. The molecule has 0 bridgehead atoms. The van der Waals surface area contributed by atoms with E-state index in [1.54, 1.807) is 40.2 Å². The van der Waals surface area contributed by atoms with Gasteiger partial charge < -0.3 is 23.3 Å². The van der Waals surface area contributed by atoms with E-state index in [4.69, 9.17) is 14.2 Å². The highest BCUT2D eigenvalue weighted by Crippen LogP contribution is 2.26. The number of esters is 1. The molecule has 0 unspecified atom stereocenters. The van der Waals surface area contributed by atoms with Gasteiger partial charge in [0.15, 0.2) is 0 Å². The lowest BCUT2D eigenvalue weighted by Gasteiger charge is -2.17. The molecule has 0 aliphatic rings. The maximum Gasteiger partial charge on any atom is 0.319 e. The van der Waals surface area contributed by atoms with Gasteiger partial charge in [-0.1, -0.05) is 0 Å². The van der Waals surface area contributed by atoms with Gasteiger partial charge in [0, 0.05) is 13.2 Å². The summed E-state index contributed by atoms with van der Waals surface area (Å²) in [6.07, 6.45) is 0. The Morgan fingerprint density at radius 2 is 1.54 bits per heavy atom. The molecule has 0 fully saturated rings. The quantitative estimate of drug-likeness (QED) is 0.373. The first kappa shape index (κ1) is 24.6. The molecule has 0 N–H and O–H groups in total. The summed E-state index contributed by atoms with van der Waals surface area (Å²) in [5, 5.41) is 0. The number of benzene rings is 1. The maximum atomic E-state index is 11.8. The summed E-state index contributed by atoms with van der Waals surface area (Å²) < 4.78 is 35.2. The van der Waals surface area contributed by atoms with Crippen molar-refractivity contribution in [2.75, 3.05) is 27.4 Å². The van der Waals surface area contributed by atoms with Crippen LogP contribution in [0.2, 0.25) is 0 Å². The van der Waals surface area contributed by atoms with Gasteiger partial charge in [-0.05, 0) is 52.3 Å². The molecular weight excluding hydrogens is 359 g/mol. The normalized spacial score (nSPS) is 10.9. The second kappa shape index (κ2) is 12.9. The summed E-state index contributed by atoms with van der Waals surface area (Å²) in [4.78, 5) is 11.8. The topological polar surface area (TPSA) is 80.3 Å². The summed E-state index contributed by atoms with van der Waals surface area (Å²) in [6, 6.07) is 5.30. The predicted octanol–water partition coefficient (Wildman–Crippen LogP) is 4.24. The van der Waals surface area contributed by atoms with Crippen LogP contribution in [0.15, 0.2) is 18.2 Å². The highest BCUT2D eigenvalue weighted by molar-refractivity contribution is 7.33. The van der Waals surface area contributed by atoms with Crippen molar-refractivity contribution in [2.24, 2.45) is 5.41 Å². The fourth-order valence-electron chi connectivity index (χ4n) is 1.59. The van der Waals surface area contributed by atoms with E-state index in [2.05, 4.69) is 9.05 Å². The SMILES string of the molecule is CCO[PH](=O)OCC.COCc1cc(OC)cc(OC(=O)C(C)(C)C)c1. The average molecular weight is 390 g/mol. The van der Waals surface area contributed by atoms with Crippen LogP contribution < -0.4 is 9.47 Å². The largest absolute Gasteiger partial charge is 0.497 e. The summed E-state index contributed by atoms with van der Waals surface area (Å²) in [7, 11) is 1.04. The first-order chi connectivity index (χ1) is 12.2. The molecule has 0 aliphatic carbocycles. The number of hydrogen-bond acceptors (Lipinski definition) is 7. The summed E-state index contributed by atoms with van der Waals surface area (Å²) in [5.41, 5.74) is 0.360. The summed E-state index contributed by atoms with van der Waals surface area (Å²) >= 11 is 0. The van der Waals surface area contributed by atoms with Gasteiger partial charge in [0.05, 0.1) is 32.3 Å². The lowest BCUT2D eigenvalue weighted by atomic mass is 9.97. The molecule has 0 saturated heterocycles. The molecule has 8 heteroatoms. The molecule has 0 saturated carbocycles. The highest BCUT2D eigenvalue weighted by atomic mass is 31.1. The minimum Gasteiger partial charge on any atom is -0.497 e. The maximum absolute atomic E-state index is 11.8. The van der Waals surface area contributed by atoms with E-state index < -0.39 is 13.7 Å². The van der Waals surface area contributed by atoms with Crippen LogP contribution in [-0.2, 0) is 29.8 Å². The second-order valence-corrected chi connectivity index (χ2v) is 7.28. The number of methoxy groups -OCH3 is 2. The van der Waals surface area contributed by atoms with Gasteiger partial charge in [-0.2, -0.15) is 0 Å². The van der Waals surface area contributed by atoms with Crippen LogP contribution in [0.5, 0.6) is 11.5 Å². The fraction of sp³-hybridized carbons (Fsp3) is 0.611. The number of rotatable bonds is 8. The standard InChI is InChI=1S/C14H20O4.C4H11O3P/c1-14(2,3)13(15)18-12-7-10(9-16-4)6-11(8-12)17-5;1-3-6-8(5)7-4-2/h6-8H,9H2,1-5H3;8H,3-4H2,1-2H3. The van der Waals surface area contributed by atoms with Crippen LogP contribution >= 0.6 is 8.25 Å². The van der Waals surface area contributed by atoms with E-state index in [1.807, 2.05) is 26.8 Å². The molecule has 0 atom stereocenters. The Balaban J connectivity index is 0.000000660. The van der Waals surface area contributed by atoms with E-state index in [-0.39, 0.29) is 5.97 Å². The summed E-state index contributed by atoms with van der Waals surface area (Å²) in [6.45, 7) is 10.3. The van der Waals surface area contributed by atoms with Crippen LogP contribution in [0.25, 0.3) is 0 Å². The van der Waals surface area contributed by atoms with Crippen LogP contribution in [0.4, 0.5) is 0 Å². The van der Waals surface area contributed by atoms with Crippen LogP contribution in [0.3, 0.4) is 0 Å². The van der Waals surface area contributed by atoms with E-state index >= 15 is 0 Å². The Labute approximate surface area is 156 Å². The average Bonchev–Trinajstić information content (AvgIpc) is 2.55. The van der Waals surface area contributed by atoms with Gasteiger partial charge in [-0.15, -0.1) is 0 Å². The van der Waals surface area contributed by atoms with Crippen molar-refractivity contribution >= 4 is 14.2 Å². The van der Waals surface area contributed by atoms with Crippen LogP contribution in [0.1, 0.15) is 40.2 Å². The number of ether oxygens (including phenoxy) is 3. The van der Waals surface area contributed by atoms with Gasteiger partial charge in [0.2, 0.25) is 0 Å². The molecule has 0 amide bonds. The van der Waals surface area contributed by atoms with Gasteiger partial charge in [0.1, 0.15) is 11.5 Å². The Morgan fingerprint density at radius 3 is 1.96 bits per heavy atom. The molecule has 1 rings (SSSR count). The molecule has 0 radical (unpaired) electrons. The van der Waals surface area contributed by atoms with Crippen molar-refractivity contribution in [3.8, 4) is 11.5 Å². The third kappa shape index (κ3) is 10.6. The molecule has 1 aromatic carbocycles. The smallest absolute Gasteiger partial charge is 0.319 e. The van der Waals surface area contributed by atoms with Gasteiger partial charge in [0.25, 0.3) is 0 Å². The molecule has 26 heavy (non-hydrogen) atoms. The molecule has 7 nitrogen and oxygen atoms in total. The van der Waals surface area contributed by atoms with E-state index in [9.17, 15) is 9.36 Å². The highest BCUT2D eigenvalue weighted by Gasteiger charge is 2.24. The molecule has 0 spiro atoms. The van der Waals surface area contributed by atoms with E-state index in [0.29, 0.717) is 31.3 Å². The predicted molar refractivity (Wildman–Crippen MR) is 101 cm³/mol. The Bertz CT molecular complexity index is 559. The molecular formula is C18H31O7P. The van der Waals surface area contributed by atoms with E-state index in [1.165, 1.54) is 0 Å². The zero-order valence-electron chi connectivity index (χ0n) is 16.7. The third-order valence-electron chi connectivity index (χ3n) is 2.83. The number of carbonyl (C=O) groups excluding carboxylic acids is 1. The lowest BCUT2D eigenvalue weighted by molar-refractivity contribution is -0.143. The number of carbonyl (C=O) groups is 1. The Morgan fingerprint density at radius 1 is 1.00 bits per heavy atom. The minimum absolute atomic E-state index is 0.279. The van der Waals surface area contributed by atoms with Crippen molar-refractivity contribution in [3.63, 3.8) is 0 Å². The molecule has 0 aliphatic heterocycles. The zero-order valence-corrected chi connectivity index (χ0v) is 17.7. The van der Waals surface area contributed by atoms with Crippen LogP contribution in [-0.4, -0.2) is 33.4 Å². The molecule has 0 heterocycles. The monoisotopic (exact) mass is 390 g/mol. The van der Waals surface area contributed by atoms with Crippen molar-refractivity contribution in [3.05, 3.63) is 23.8 Å². The van der Waals surface area contributed by atoms with E-state index in [0.717, 1.165) is 5.56 Å². The molecule has 150 valence electrons. The third-order valence-corrected chi connectivity index (χ3v) is 3.88.